The van der Waals surface area contributed by atoms with Gasteiger partial charge in [-0.25, -0.2) is 10.2 Å². The predicted octanol–water partition coefficient (Wildman–Crippen LogP) is 2.46. The van der Waals surface area contributed by atoms with Gasteiger partial charge in [0.1, 0.15) is 19.0 Å². The Bertz CT molecular complexity index is 730. The molecule has 0 radical (unpaired) electrons. The van der Waals surface area contributed by atoms with Gasteiger partial charge in [-0.2, -0.15) is 5.10 Å². The van der Waals surface area contributed by atoms with E-state index in [1.165, 1.54) is 11.8 Å². The summed E-state index contributed by atoms with van der Waals surface area (Å²) in [7, 11) is 1.55. The molecule has 2 rings (SSSR count). The average molecular weight is 343 g/mol. The zero-order chi connectivity index (χ0) is 18.1. The summed E-state index contributed by atoms with van der Waals surface area (Å²) in [6.45, 7) is 2.82. The Labute approximate surface area is 146 Å². The fourth-order valence-corrected chi connectivity index (χ4v) is 2.00. The number of hydrogen-bond acceptors (Lipinski definition) is 5. The second-order valence-electron chi connectivity index (χ2n) is 5.15. The van der Waals surface area contributed by atoms with Gasteiger partial charge in [0, 0.05) is 0 Å². The minimum atomic E-state index is -0.725. The molecule has 2 aromatic carbocycles. The number of urea groups is 1. The van der Waals surface area contributed by atoms with Crippen molar-refractivity contribution in [2.75, 3.05) is 20.3 Å². The number of benzene rings is 2. The normalized spacial score (nSPS) is 10.5. The van der Waals surface area contributed by atoms with Crippen molar-refractivity contribution in [2.45, 2.75) is 6.92 Å². The van der Waals surface area contributed by atoms with Gasteiger partial charge in [-0.05, 0) is 42.8 Å². The first kappa shape index (κ1) is 18.1. The molecule has 7 nitrogen and oxygen atoms in total. The molecule has 2 aromatic rings. The number of hydrogen-bond donors (Lipinski definition) is 2. The third kappa shape index (κ3) is 6.06. The molecule has 3 N–H and O–H groups in total. The molecule has 0 aliphatic heterocycles. The summed E-state index contributed by atoms with van der Waals surface area (Å²) < 4.78 is 16.6. The second-order valence-corrected chi connectivity index (χ2v) is 5.15. The summed E-state index contributed by atoms with van der Waals surface area (Å²) in [5.41, 5.74) is 8.97. The minimum Gasteiger partial charge on any atom is -0.493 e. The highest BCUT2D eigenvalue weighted by molar-refractivity contribution is 5.82. The van der Waals surface area contributed by atoms with Crippen LogP contribution in [-0.2, 0) is 0 Å². The Morgan fingerprint density at radius 1 is 1.12 bits per heavy atom. The van der Waals surface area contributed by atoms with Gasteiger partial charge in [0.25, 0.3) is 0 Å². The number of methoxy groups -OCH3 is 1. The molecule has 132 valence electrons. The first-order chi connectivity index (χ1) is 12.1. The minimum absolute atomic E-state index is 0.376. The molecule has 0 atom stereocenters. The Hall–Kier alpha value is -3.22. The number of nitrogens with one attached hydrogen (secondary N) is 1. The number of primary amides is 1. The summed E-state index contributed by atoms with van der Waals surface area (Å²) in [6.07, 6.45) is 1.46. The van der Waals surface area contributed by atoms with Crippen molar-refractivity contribution in [2.24, 2.45) is 10.8 Å². The van der Waals surface area contributed by atoms with E-state index in [-0.39, 0.29) is 0 Å². The third-order valence-electron chi connectivity index (χ3n) is 3.21. The number of carbonyl (C=O) groups is 1. The van der Waals surface area contributed by atoms with Crippen molar-refractivity contribution in [3.8, 4) is 17.2 Å². The number of nitrogens with two attached hydrogens (primary N) is 1. The molecule has 0 saturated carbocycles. The van der Waals surface area contributed by atoms with Crippen LogP contribution >= 0.6 is 0 Å². The maximum atomic E-state index is 10.6. The van der Waals surface area contributed by atoms with E-state index in [1.54, 1.807) is 25.3 Å². The van der Waals surface area contributed by atoms with Gasteiger partial charge in [0.15, 0.2) is 11.5 Å². The highest BCUT2D eigenvalue weighted by Gasteiger charge is 2.05. The molecule has 0 saturated heterocycles. The van der Waals surface area contributed by atoms with Gasteiger partial charge in [-0.1, -0.05) is 17.7 Å². The summed E-state index contributed by atoms with van der Waals surface area (Å²) in [5, 5.41) is 3.70. The molecule has 0 aromatic heterocycles. The lowest BCUT2D eigenvalue weighted by Gasteiger charge is -2.12. The molecule has 0 aliphatic rings. The third-order valence-corrected chi connectivity index (χ3v) is 3.21. The van der Waals surface area contributed by atoms with Crippen molar-refractivity contribution in [1.29, 1.82) is 0 Å². The summed E-state index contributed by atoms with van der Waals surface area (Å²) >= 11 is 0. The van der Waals surface area contributed by atoms with E-state index in [9.17, 15) is 4.79 Å². The van der Waals surface area contributed by atoms with Gasteiger partial charge in [-0.15, -0.1) is 0 Å². The summed E-state index contributed by atoms with van der Waals surface area (Å²) in [5.74, 6) is 1.95. The quantitative estimate of drug-likeness (QED) is 0.437. The maximum Gasteiger partial charge on any atom is 0.332 e. The number of rotatable bonds is 8. The zero-order valence-electron chi connectivity index (χ0n) is 14.2. The molecule has 0 fully saturated rings. The van der Waals surface area contributed by atoms with Crippen molar-refractivity contribution in [3.05, 3.63) is 53.6 Å². The van der Waals surface area contributed by atoms with Gasteiger partial charge in [0.05, 0.1) is 13.3 Å². The molecule has 0 heterocycles. The average Bonchev–Trinajstić information content (AvgIpc) is 2.60. The highest BCUT2D eigenvalue weighted by atomic mass is 16.5. The van der Waals surface area contributed by atoms with E-state index in [0.29, 0.717) is 24.7 Å². The topological polar surface area (TPSA) is 95.2 Å². The Morgan fingerprint density at radius 3 is 2.52 bits per heavy atom. The number of carbonyl (C=O) groups excluding carboxylic acids is 1. The SMILES string of the molecule is COc1cc(/C=N\NC(N)=O)ccc1OCCOc1ccc(C)cc1. The lowest BCUT2D eigenvalue weighted by Crippen LogP contribution is -2.24. The first-order valence-corrected chi connectivity index (χ1v) is 7.67. The number of nitrogens with zero attached hydrogens (tertiary/aromatic N) is 1. The molecule has 0 spiro atoms. The van der Waals surface area contributed by atoms with Gasteiger partial charge in [0.2, 0.25) is 0 Å². The summed E-state index contributed by atoms with van der Waals surface area (Å²) in [4.78, 5) is 10.6. The fourth-order valence-electron chi connectivity index (χ4n) is 2.00. The number of amides is 2. The lowest BCUT2D eigenvalue weighted by atomic mass is 10.2. The number of aryl methyl sites for hydroxylation is 1. The van der Waals surface area contributed by atoms with Crippen LogP contribution in [0.1, 0.15) is 11.1 Å². The van der Waals surface area contributed by atoms with E-state index in [1.807, 2.05) is 31.2 Å². The first-order valence-electron chi connectivity index (χ1n) is 7.67. The van der Waals surface area contributed by atoms with E-state index in [4.69, 9.17) is 19.9 Å². The molecule has 25 heavy (non-hydrogen) atoms. The van der Waals surface area contributed by atoms with Gasteiger partial charge < -0.3 is 19.9 Å². The van der Waals surface area contributed by atoms with Crippen molar-refractivity contribution >= 4 is 12.2 Å². The van der Waals surface area contributed by atoms with Crippen LogP contribution in [0.3, 0.4) is 0 Å². The number of hydrazone groups is 1. The van der Waals surface area contributed by atoms with Crippen LogP contribution in [0, 0.1) is 6.92 Å². The van der Waals surface area contributed by atoms with Crippen LogP contribution in [-0.4, -0.2) is 32.6 Å². The standard InChI is InChI=1S/C18H21N3O4/c1-13-3-6-15(7-4-13)24-9-10-25-16-8-5-14(11-17(16)23-2)12-20-21-18(19)22/h3-8,11-12H,9-10H2,1-2H3,(H3,19,21,22)/b20-12-. The lowest BCUT2D eigenvalue weighted by molar-refractivity contribution is 0.211. The molecule has 0 unspecified atom stereocenters. The van der Waals surface area contributed by atoms with Crippen molar-refractivity contribution < 1.29 is 19.0 Å². The summed E-state index contributed by atoms with van der Waals surface area (Å²) in [6, 6.07) is 12.4. The van der Waals surface area contributed by atoms with E-state index in [2.05, 4.69) is 10.5 Å². The molecule has 7 heteroatoms. The van der Waals surface area contributed by atoms with Gasteiger partial charge >= 0.3 is 6.03 Å². The smallest absolute Gasteiger partial charge is 0.332 e. The molecular formula is C18H21N3O4. The van der Waals surface area contributed by atoms with Crippen LogP contribution in [0.2, 0.25) is 0 Å². The van der Waals surface area contributed by atoms with Crippen molar-refractivity contribution in [1.82, 2.24) is 5.43 Å². The predicted molar refractivity (Wildman–Crippen MR) is 95.5 cm³/mol. The fraction of sp³-hybridized carbons (Fsp3) is 0.222. The number of ether oxygens (including phenoxy) is 3. The van der Waals surface area contributed by atoms with Crippen LogP contribution in [0.25, 0.3) is 0 Å². The molecular weight excluding hydrogens is 322 g/mol. The Kier molecular flexibility index (Phi) is 6.65. The van der Waals surface area contributed by atoms with E-state index in [0.717, 1.165) is 11.3 Å². The Morgan fingerprint density at radius 2 is 1.84 bits per heavy atom. The zero-order valence-corrected chi connectivity index (χ0v) is 14.2. The molecule has 0 bridgehead atoms. The molecule has 2 amide bonds. The van der Waals surface area contributed by atoms with E-state index < -0.39 is 6.03 Å². The Balaban J connectivity index is 1.87. The molecule has 0 aliphatic carbocycles. The van der Waals surface area contributed by atoms with E-state index >= 15 is 0 Å². The van der Waals surface area contributed by atoms with Crippen LogP contribution in [0.15, 0.2) is 47.6 Å². The highest BCUT2D eigenvalue weighted by Crippen LogP contribution is 2.27. The van der Waals surface area contributed by atoms with Gasteiger partial charge in [-0.3, -0.25) is 0 Å². The van der Waals surface area contributed by atoms with Crippen molar-refractivity contribution in [3.63, 3.8) is 0 Å². The maximum absolute atomic E-state index is 10.6. The van der Waals surface area contributed by atoms with Crippen LogP contribution in [0.4, 0.5) is 4.79 Å². The van der Waals surface area contributed by atoms with Crippen LogP contribution < -0.4 is 25.4 Å². The largest absolute Gasteiger partial charge is 0.493 e. The second kappa shape index (κ2) is 9.17. The monoisotopic (exact) mass is 343 g/mol. The van der Waals surface area contributed by atoms with Crippen LogP contribution in [0.5, 0.6) is 17.2 Å².